The second-order valence-corrected chi connectivity index (χ2v) is 4.29. The topological polar surface area (TPSA) is 63.2 Å². The average Bonchev–Trinajstić information content (AvgIpc) is 2.38. The van der Waals surface area contributed by atoms with Crippen LogP contribution in [-0.4, -0.2) is 36.1 Å². The number of nitrogens with zero attached hydrogens (tertiary/aromatic N) is 4. The Kier molecular flexibility index (Phi) is 4.01. The number of benzene rings is 1. The van der Waals surface area contributed by atoms with E-state index in [1.165, 1.54) is 0 Å². The fourth-order valence-electron chi connectivity index (χ4n) is 1.42. The zero-order valence-corrected chi connectivity index (χ0v) is 11.6. The molecule has 0 aliphatic carbocycles. The van der Waals surface area contributed by atoms with Gasteiger partial charge in [0.05, 0.1) is 0 Å². The number of hydrogen-bond acceptors (Lipinski definition) is 6. The van der Waals surface area contributed by atoms with Crippen LogP contribution < -0.4 is 15.0 Å². The number of rotatable bonds is 4. The second kappa shape index (κ2) is 5.71. The third-order valence-electron chi connectivity index (χ3n) is 2.35. The lowest BCUT2D eigenvalue weighted by Crippen LogP contribution is -2.08. The van der Waals surface area contributed by atoms with E-state index in [0.29, 0.717) is 11.7 Å². The Morgan fingerprint density at radius 2 is 2.00 bits per heavy atom. The van der Waals surface area contributed by atoms with Gasteiger partial charge in [-0.2, -0.15) is 15.0 Å². The van der Waals surface area contributed by atoms with Gasteiger partial charge in [0.1, 0.15) is 5.75 Å². The van der Waals surface area contributed by atoms with Crippen molar-refractivity contribution in [2.24, 2.45) is 0 Å². The lowest BCUT2D eigenvalue weighted by atomic mass is 10.3. The van der Waals surface area contributed by atoms with E-state index in [1.807, 2.05) is 43.3 Å². The highest BCUT2D eigenvalue weighted by atomic mass is 35.5. The highest BCUT2D eigenvalue weighted by Crippen LogP contribution is 2.24. The summed E-state index contributed by atoms with van der Waals surface area (Å²) in [5, 5.41) is 2.87. The normalized spacial score (nSPS) is 10.1. The highest BCUT2D eigenvalue weighted by Gasteiger charge is 2.07. The van der Waals surface area contributed by atoms with Crippen molar-refractivity contribution in [2.45, 2.75) is 0 Å². The standard InChI is InChI=1S/C12H14ClN5O/c1-14-11-15-10(13)16-12(17-11)19-9-6-4-5-8(7-9)18(2)3/h4-7H,1-3H3,(H,14,15,16,17). The van der Waals surface area contributed by atoms with Crippen molar-refractivity contribution in [3.05, 3.63) is 29.5 Å². The molecule has 19 heavy (non-hydrogen) atoms. The number of anilines is 2. The first-order valence-electron chi connectivity index (χ1n) is 5.63. The molecule has 0 fully saturated rings. The van der Waals surface area contributed by atoms with Crippen LogP contribution in [-0.2, 0) is 0 Å². The third kappa shape index (κ3) is 3.45. The summed E-state index contributed by atoms with van der Waals surface area (Å²) in [6, 6.07) is 7.74. The van der Waals surface area contributed by atoms with Crippen LogP contribution in [0.3, 0.4) is 0 Å². The van der Waals surface area contributed by atoms with E-state index >= 15 is 0 Å². The Labute approximate surface area is 116 Å². The third-order valence-corrected chi connectivity index (χ3v) is 2.52. The van der Waals surface area contributed by atoms with E-state index in [9.17, 15) is 0 Å². The average molecular weight is 280 g/mol. The monoisotopic (exact) mass is 279 g/mol. The van der Waals surface area contributed by atoms with Gasteiger partial charge in [-0.1, -0.05) is 6.07 Å². The van der Waals surface area contributed by atoms with E-state index < -0.39 is 0 Å². The molecule has 0 unspecified atom stereocenters. The van der Waals surface area contributed by atoms with E-state index in [-0.39, 0.29) is 11.3 Å². The fourth-order valence-corrected chi connectivity index (χ4v) is 1.57. The predicted molar refractivity (Wildman–Crippen MR) is 75.2 cm³/mol. The predicted octanol–water partition coefficient (Wildman–Crippen LogP) is 2.42. The van der Waals surface area contributed by atoms with Gasteiger partial charge in [-0.25, -0.2) is 0 Å². The molecule has 7 heteroatoms. The molecule has 2 rings (SSSR count). The van der Waals surface area contributed by atoms with Crippen LogP contribution >= 0.6 is 11.6 Å². The minimum absolute atomic E-state index is 0.0816. The zero-order chi connectivity index (χ0) is 13.8. The number of halogens is 1. The van der Waals surface area contributed by atoms with Gasteiger partial charge in [0.2, 0.25) is 11.2 Å². The molecule has 0 bridgehead atoms. The van der Waals surface area contributed by atoms with Gasteiger partial charge in [0.25, 0.3) is 0 Å². The van der Waals surface area contributed by atoms with E-state index in [1.54, 1.807) is 7.05 Å². The van der Waals surface area contributed by atoms with Crippen molar-refractivity contribution >= 4 is 23.2 Å². The molecule has 6 nitrogen and oxygen atoms in total. The number of hydrogen-bond donors (Lipinski definition) is 1. The Balaban J connectivity index is 2.25. The van der Waals surface area contributed by atoms with Crippen LogP contribution in [0.1, 0.15) is 0 Å². The van der Waals surface area contributed by atoms with Crippen molar-refractivity contribution in [3.63, 3.8) is 0 Å². The lowest BCUT2D eigenvalue weighted by molar-refractivity contribution is 0.440. The molecule has 1 N–H and O–H groups in total. The van der Waals surface area contributed by atoms with Crippen molar-refractivity contribution in [1.29, 1.82) is 0 Å². The smallest absolute Gasteiger partial charge is 0.328 e. The first kappa shape index (κ1) is 13.4. The molecule has 0 saturated heterocycles. The molecule has 1 aromatic carbocycles. The molecule has 1 aromatic heterocycles. The van der Waals surface area contributed by atoms with Crippen molar-refractivity contribution in [2.75, 3.05) is 31.4 Å². The maximum Gasteiger partial charge on any atom is 0.328 e. The molecular formula is C12H14ClN5O. The number of aromatic nitrogens is 3. The molecule has 0 saturated carbocycles. The summed E-state index contributed by atoms with van der Waals surface area (Å²) >= 11 is 5.79. The van der Waals surface area contributed by atoms with Crippen LogP contribution in [0.4, 0.5) is 11.6 Å². The maximum atomic E-state index is 5.79. The Morgan fingerprint density at radius 3 is 2.68 bits per heavy atom. The summed E-state index contributed by atoms with van der Waals surface area (Å²) in [4.78, 5) is 13.8. The van der Waals surface area contributed by atoms with E-state index in [2.05, 4.69) is 20.3 Å². The Morgan fingerprint density at radius 1 is 1.21 bits per heavy atom. The molecule has 0 spiro atoms. The molecule has 2 aromatic rings. The van der Waals surface area contributed by atoms with Gasteiger partial charge in [-0.15, -0.1) is 0 Å². The molecule has 100 valence electrons. The summed E-state index contributed by atoms with van der Waals surface area (Å²) in [7, 11) is 5.61. The SMILES string of the molecule is CNc1nc(Cl)nc(Oc2cccc(N(C)C)c2)n1. The molecule has 0 radical (unpaired) electrons. The lowest BCUT2D eigenvalue weighted by Gasteiger charge is -2.13. The van der Waals surface area contributed by atoms with Crippen LogP contribution in [0, 0.1) is 0 Å². The first-order valence-corrected chi connectivity index (χ1v) is 6.01. The zero-order valence-electron chi connectivity index (χ0n) is 10.9. The van der Waals surface area contributed by atoms with Crippen LogP contribution in [0.5, 0.6) is 11.8 Å². The number of nitrogens with one attached hydrogen (secondary N) is 1. The van der Waals surface area contributed by atoms with Crippen molar-refractivity contribution < 1.29 is 4.74 Å². The second-order valence-electron chi connectivity index (χ2n) is 3.95. The van der Waals surface area contributed by atoms with Crippen LogP contribution in [0.15, 0.2) is 24.3 Å². The van der Waals surface area contributed by atoms with Gasteiger partial charge < -0.3 is 15.0 Å². The minimum atomic E-state index is 0.0816. The van der Waals surface area contributed by atoms with Crippen molar-refractivity contribution in [3.8, 4) is 11.8 Å². The Hall–Kier alpha value is -2.08. The van der Waals surface area contributed by atoms with Gasteiger partial charge in [-0.3, -0.25) is 0 Å². The summed E-state index contributed by atoms with van der Waals surface area (Å²) in [5.41, 5.74) is 1.02. The maximum absolute atomic E-state index is 5.79. The Bertz CT molecular complexity index is 576. The van der Waals surface area contributed by atoms with Gasteiger partial charge in [0, 0.05) is 32.9 Å². The van der Waals surface area contributed by atoms with E-state index in [0.717, 1.165) is 5.69 Å². The largest absolute Gasteiger partial charge is 0.424 e. The fraction of sp³-hybridized carbons (Fsp3) is 0.250. The quantitative estimate of drug-likeness (QED) is 0.927. The summed E-state index contributed by atoms with van der Waals surface area (Å²) in [5.74, 6) is 0.995. The van der Waals surface area contributed by atoms with E-state index in [4.69, 9.17) is 16.3 Å². The molecule has 0 aliphatic heterocycles. The molecule has 0 amide bonds. The summed E-state index contributed by atoms with van der Waals surface area (Å²) < 4.78 is 5.58. The highest BCUT2D eigenvalue weighted by molar-refractivity contribution is 6.28. The molecule has 0 aliphatic rings. The number of ether oxygens (including phenoxy) is 1. The molecule has 1 heterocycles. The summed E-state index contributed by atoms with van der Waals surface area (Å²) in [6.45, 7) is 0. The van der Waals surface area contributed by atoms with Crippen molar-refractivity contribution in [1.82, 2.24) is 15.0 Å². The van der Waals surface area contributed by atoms with Gasteiger partial charge >= 0.3 is 6.01 Å². The van der Waals surface area contributed by atoms with Crippen LogP contribution in [0.2, 0.25) is 5.28 Å². The summed E-state index contributed by atoms with van der Waals surface area (Å²) in [6.07, 6.45) is 0. The molecule has 0 atom stereocenters. The van der Waals surface area contributed by atoms with Gasteiger partial charge in [-0.05, 0) is 23.7 Å². The first-order chi connectivity index (χ1) is 9.08. The van der Waals surface area contributed by atoms with Gasteiger partial charge in [0.15, 0.2) is 0 Å². The molecular weight excluding hydrogens is 266 g/mol. The van der Waals surface area contributed by atoms with Crippen LogP contribution in [0.25, 0.3) is 0 Å². The minimum Gasteiger partial charge on any atom is -0.424 e.